The van der Waals surface area contributed by atoms with E-state index in [1.165, 1.54) is 5.01 Å². The van der Waals surface area contributed by atoms with Crippen LogP contribution in [0.15, 0.2) is 35.6 Å². The summed E-state index contributed by atoms with van der Waals surface area (Å²) in [6.45, 7) is 5.92. The largest absolute Gasteiger partial charge is 1.00 e. The Bertz CT molecular complexity index is 363. The second kappa shape index (κ2) is 6.83. The predicted octanol–water partition coefficient (Wildman–Crippen LogP) is -0.334. The molecule has 0 saturated carbocycles. The van der Waals surface area contributed by atoms with Gasteiger partial charge in [-0.2, -0.15) is 0 Å². The van der Waals surface area contributed by atoms with E-state index in [-0.39, 0.29) is 34.5 Å². The van der Waals surface area contributed by atoms with Crippen molar-refractivity contribution >= 4 is 0 Å². The van der Waals surface area contributed by atoms with E-state index in [1.807, 2.05) is 51.1 Å². The first kappa shape index (κ1) is 16.2. The maximum atomic E-state index is 11.3. The zero-order chi connectivity index (χ0) is 12.2. The van der Waals surface area contributed by atoms with Crippen molar-refractivity contribution in [3.63, 3.8) is 0 Å². The smallest absolute Gasteiger partial charge is 0.737 e. The Labute approximate surface area is 124 Å². The van der Waals surface area contributed by atoms with Crippen molar-refractivity contribution in [1.82, 2.24) is 5.01 Å². The van der Waals surface area contributed by atoms with Crippen LogP contribution in [0.4, 0.5) is 0 Å². The van der Waals surface area contributed by atoms with Gasteiger partial charge in [-0.25, -0.2) is 0 Å². The molecule has 17 heavy (non-hydrogen) atoms. The normalized spacial score (nSPS) is 11.8. The van der Waals surface area contributed by atoms with Gasteiger partial charge in [0, 0.05) is 4.97 Å². The van der Waals surface area contributed by atoms with Crippen LogP contribution in [0.2, 0.25) is 0 Å². The van der Waals surface area contributed by atoms with E-state index < -0.39 is 5.54 Å². The van der Waals surface area contributed by atoms with Gasteiger partial charge in [-0.3, -0.25) is 0 Å². The molecule has 0 bridgehead atoms. The van der Waals surface area contributed by atoms with Crippen molar-refractivity contribution in [1.29, 1.82) is 0 Å². The van der Waals surface area contributed by atoms with Crippen LogP contribution in [0.25, 0.3) is 0 Å². The Kier molecular flexibility index (Phi) is 6.52. The fourth-order valence-electron chi connectivity index (χ4n) is 1.35. The molecule has 0 unspecified atom stereocenters. The van der Waals surface area contributed by atoms with Crippen LogP contribution in [0, 0.1) is 10.4 Å². The van der Waals surface area contributed by atoms with E-state index in [4.69, 9.17) is 0 Å². The Balaban J connectivity index is 0.00000256. The van der Waals surface area contributed by atoms with Crippen LogP contribution in [-0.2, 0) is 6.54 Å². The molecule has 1 rings (SSSR count). The minimum Gasteiger partial charge on any atom is -0.737 e. The van der Waals surface area contributed by atoms with Gasteiger partial charge in [0.25, 0.3) is 0 Å². The van der Waals surface area contributed by atoms with Gasteiger partial charge in [-0.1, -0.05) is 30.3 Å². The van der Waals surface area contributed by atoms with Crippen molar-refractivity contribution in [2.75, 3.05) is 0 Å². The second-order valence-corrected chi connectivity index (χ2v) is 4.55. The molecule has 0 aromatic heterocycles. The quantitative estimate of drug-likeness (QED) is 0.317. The molecule has 0 atom stereocenters. The molecule has 0 fully saturated rings. The fraction of sp³-hybridized carbons (Fsp3) is 0.455. The maximum Gasteiger partial charge on any atom is 1.00 e. The summed E-state index contributed by atoms with van der Waals surface area (Å²) in [5.74, 6) is 0. The van der Waals surface area contributed by atoms with Crippen molar-refractivity contribution in [3.8, 4) is 0 Å². The topological polar surface area (TPSA) is 64.7 Å². The van der Waals surface area contributed by atoms with E-state index in [9.17, 15) is 10.4 Å². The monoisotopic (exact) mass is 245 g/mol. The molecule has 0 N–H and O–H groups in total. The summed E-state index contributed by atoms with van der Waals surface area (Å²) < 4.78 is 0. The molecule has 1 aromatic carbocycles. The Hall–Kier alpha value is -0.780. The number of nitrogens with zero attached hydrogens (tertiary/aromatic N) is 3. The summed E-state index contributed by atoms with van der Waals surface area (Å²) in [6, 6.07) is 9.48. The van der Waals surface area contributed by atoms with Crippen LogP contribution in [0.5, 0.6) is 0 Å². The molecule has 1 aromatic rings. The molecule has 0 saturated heterocycles. The van der Waals surface area contributed by atoms with E-state index in [0.717, 1.165) is 5.56 Å². The number of hydrazine groups is 1. The molecule has 0 radical (unpaired) electrons. The Morgan fingerprint density at radius 1 is 1.24 bits per heavy atom. The summed E-state index contributed by atoms with van der Waals surface area (Å²) in [4.78, 5) is 0.104. The third kappa shape index (κ3) is 4.93. The van der Waals surface area contributed by atoms with Crippen LogP contribution >= 0.6 is 0 Å². The standard InChI is InChI=1S/C11H17N3O2.Na/c1-11(2,3)13(14(16)12-15)9-10-7-5-4-6-8-10;/h4-8,15H,9H2,1-3H3;/q;+1/p-1/b14-12-;. The van der Waals surface area contributed by atoms with Gasteiger partial charge < -0.3 is 10.4 Å². The SMILES string of the molecule is CC(C)(C)N(Cc1ccccc1)/[N+]([O-])=N/[O-].[Na+]. The van der Waals surface area contributed by atoms with Crippen molar-refractivity contribution in [3.05, 3.63) is 46.3 Å². The fourth-order valence-corrected chi connectivity index (χ4v) is 1.35. The molecule has 6 heteroatoms. The van der Waals surface area contributed by atoms with Gasteiger partial charge in [0.2, 0.25) is 0 Å². The molecule has 88 valence electrons. The molecular weight excluding hydrogens is 229 g/mol. The summed E-state index contributed by atoms with van der Waals surface area (Å²) in [7, 11) is 0. The molecule has 5 nitrogen and oxygen atoms in total. The molecule has 0 aliphatic rings. The molecule has 0 aliphatic heterocycles. The minimum atomic E-state index is -0.453. The zero-order valence-corrected chi connectivity index (χ0v) is 12.8. The van der Waals surface area contributed by atoms with Crippen LogP contribution in [-0.4, -0.2) is 15.5 Å². The van der Waals surface area contributed by atoms with Crippen LogP contribution < -0.4 is 29.6 Å². The van der Waals surface area contributed by atoms with Gasteiger partial charge in [-0.15, -0.1) is 5.01 Å². The van der Waals surface area contributed by atoms with E-state index in [1.54, 1.807) is 0 Å². The van der Waals surface area contributed by atoms with Crippen molar-refractivity contribution < 1.29 is 34.5 Å². The predicted molar refractivity (Wildman–Crippen MR) is 61.2 cm³/mol. The first-order chi connectivity index (χ1) is 7.45. The average molecular weight is 245 g/mol. The van der Waals surface area contributed by atoms with E-state index in [0.29, 0.717) is 6.54 Å². The van der Waals surface area contributed by atoms with Gasteiger partial charge in [0.1, 0.15) is 6.54 Å². The Morgan fingerprint density at radius 3 is 2.18 bits per heavy atom. The van der Waals surface area contributed by atoms with E-state index >= 15 is 0 Å². The third-order valence-electron chi connectivity index (χ3n) is 2.23. The molecule has 0 heterocycles. The van der Waals surface area contributed by atoms with Crippen molar-refractivity contribution in [2.24, 2.45) is 5.28 Å². The Morgan fingerprint density at radius 2 is 1.76 bits per heavy atom. The first-order valence-corrected chi connectivity index (χ1v) is 5.07. The number of rotatable bonds is 3. The maximum absolute atomic E-state index is 11.3. The summed E-state index contributed by atoms with van der Waals surface area (Å²) in [5.41, 5.74) is 0.507. The van der Waals surface area contributed by atoms with Gasteiger partial charge in [0.15, 0.2) is 0 Å². The third-order valence-corrected chi connectivity index (χ3v) is 2.23. The first-order valence-electron chi connectivity index (χ1n) is 5.07. The zero-order valence-electron chi connectivity index (χ0n) is 10.8. The average Bonchev–Trinajstić information content (AvgIpc) is 2.25. The summed E-state index contributed by atoms with van der Waals surface area (Å²) in [6.07, 6.45) is 0. The number of hydrogen-bond acceptors (Lipinski definition) is 3. The molecule has 0 amide bonds. The van der Waals surface area contributed by atoms with Gasteiger partial charge >= 0.3 is 29.6 Å². The molecule has 0 aliphatic carbocycles. The minimum absolute atomic E-state index is 0. The van der Waals surface area contributed by atoms with Gasteiger partial charge in [0.05, 0.1) is 5.54 Å². The molecular formula is C11H16N3NaO2. The second-order valence-electron chi connectivity index (χ2n) is 4.55. The summed E-state index contributed by atoms with van der Waals surface area (Å²) >= 11 is 0. The van der Waals surface area contributed by atoms with Crippen molar-refractivity contribution in [2.45, 2.75) is 32.9 Å². The summed E-state index contributed by atoms with van der Waals surface area (Å²) in [5, 5.41) is 25.4. The van der Waals surface area contributed by atoms with Crippen LogP contribution in [0.3, 0.4) is 0 Å². The van der Waals surface area contributed by atoms with Crippen LogP contribution in [0.1, 0.15) is 26.3 Å². The number of hydrogen-bond donors (Lipinski definition) is 0. The number of benzene rings is 1. The van der Waals surface area contributed by atoms with Gasteiger partial charge in [-0.05, 0) is 31.6 Å². The van der Waals surface area contributed by atoms with E-state index in [2.05, 4.69) is 5.28 Å². The molecule has 0 spiro atoms.